The Bertz CT molecular complexity index is 1050. The highest BCUT2D eigenvalue weighted by Gasteiger charge is 2.06. The van der Waals surface area contributed by atoms with Crippen molar-refractivity contribution in [3.8, 4) is 5.75 Å². The minimum absolute atomic E-state index is 0.125. The van der Waals surface area contributed by atoms with Gasteiger partial charge in [-0.3, -0.25) is 4.79 Å². The Morgan fingerprint density at radius 1 is 1.17 bits per heavy atom. The molecule has 154 valence electrons. The number of carbonyl (C=O) groups is 1. The first-order valence-corrected chi connectivity index (χ1v) is 11.0. The van der Waals surface area contributed by atoms with Gasteiger partial charge in [0.1, 0.15) is 18.2 Å². The predicted molar refractivity (Wildman–Crippen MR) is 123 cm³/mol. The van der Waals surface area contributed by atoms with Crippen LogP contribution in [-0.2, 0) is 11.4 Å². The minimum Gasteiger partial charge on any atom is -0.488 e. The van der Waals surface area contributed by atoms with E-state index in [1.54, 1.807) is 48.5 Å². The average Bonchev–Trinajstić information content (AvgIpc) is 2.74. The van der Waals surface area contributed by atoms with E-state index < -0.39 is 0 Å². The van der Waals surface area contributed by atoms with Crippen LogP contribution in [0.5, 0.6) is 5.75 Å². The zero-order valence-electron chi connectivity index (χ0n) is 15.6. The molecule has 0 aliphatic rings. The predicted octanol–water partition coefficient (Wildman–Crippen LogP) is 6.06. The van der Waals surface area contributed by atoms with Gasteiger partial charge in [0, 0.05) is 15.5 Å². The van der Waals surface area contributed by atoms with Crippen LogP contribution in [0, 0.1) is 5.82 Å². The molecule has 0 heterocycles. The van der Waals surface area contributed by atoms with Crippen LogP contribution in [-0.4, -0.2) is 17.9 Å². The van der Waals surface area contributed by atoms with Gasteiger partial charge >= 0.3 is 0 Å². The van der Waals surface area contributed by atoms with Crippen LogP contribution >= 0.6 is 39.3 Å². The number of thioether (sulfide) groups is 1. The van der Waals surface area contributed by atoms with Gasteiger partial charge in [-0.25, -0.2) is 9.82 Å². The fourth-order valence-electron chi connectivity index (χ4n) is 2.38. The van der Waals surface area contributed by atoms with Crippen molar-refractivity contribution >= 4 is 51.4 Å². The van der Waals surface area contributed by atoms with Gasteiger partial charge < -0.3 is 4.74 Å². The van der Waals surface area contributed by atoms with Crippen LogP contribution in [0.15, 0.2) is 81.2 Å². The molecule has 1 amide bonds. The van der Waals surface area contributed by atoms with E-state index in [9.17, 15) is 9.18 Å². The third kappa shape index (κ3) is 6.86. The average molecular weight is 508 g/mol. The number of carbonyl (C=O) groups excluding carboxylic acids is 1. The number of hydrazone groups is 1. The highest BCUT2D eigenvalue weighted by atomic mass is 79.9. The van der Waals surface area contributed by atoms with Crippen molar-refractivity contribution in [1.82, 2.24) is 5.43 Å². The molecule has 0 saturated heterocycles. The molecule has 0 aliphatic heterocycles. The topological polar surface area (TPSA) is 50.7 Å². The molecule has 3 rings (SSSR count). The highest BCUT2D eigenvalue weighted by Crippen LogP contribution is 2.26. The first-order valence-electron chi connectivity index (χ1n) is 8.87. The van der Waals surface area contributed by atoms with Crippen molar-refractivity contribution in [2.24, 2.45) is 5.10 Å². The van der Waals surface area contributed by atoms with Gasteiger partial charge in [-0.1, -0.05) is 29.8 Å². The Morgan fingerprint density at radius 2 is 1.93 bits per heavy atom. The standard InChI is InChI=1S/C22H17BrClFN2O2S/c23-19-11-15(5-10-21(19)29-13-16-3-1-2-4-20(16)25)12-26-27-22(28)14-30-18-8-6-17(24)7-9-18/h1-12H,13-14H2,(H,27,28)/b26-12-. The Labute approximate surface area is 191 Å². The number of nitrogens with zero attached hydrogens (tertiary/aromatic N) is 1. The first-order chi connectivity index (χ1) is 14.5. The first kappa shape index (κ1) is 22.3. The fraction of sp³-hybridized carbons (Fsp3) is 0.0909. The Kier molecular flexibility index (Phi) is 8.30. The Morgan fingerprint density at radius 3 is 2.67 bits per heavy atom. The van der Waals surface area contributed by atoms with E-state index in [0.717, 1.165) is 10.5 Å². The van der Waals surface area contributed by atoms with Gasteiger partial charge in [-0.05, 0) is 70.0 Å². The molecule has 0 aromatic heterocycles. The molecule has 0 unspecified atom stereocenters. The molecule has 0 aliphatic carbocycles. The zero-order valence-corrected chi connectivity index (χ0v) is 18.8. The maximum atomic E-state index is 13.7. The molecule has 0 atom stereocenters. The molecule has 1 N–H and O–H groups in total. The number of benzene rings is 3. The number of nitrogens with one attached hydrogen (secondary N) is 1. The summed E-state index contributed by atoms with van der Waals surface area (Å²) in [6, 6.07) is 19.1. The van der Waals surface area contributed by atoms with Gasteiger partial charge in [0.05, 0.1) is 16.4 Å². The number of halogens is 3. The second kappa shape index (κ2) is 11.2. The van der Waals surface area contributed by atoms with Crippen molar-refractivity contribution in [2.75, 3.05) is 5.75 Å². The second-order valence-corrected chi connectivity index (χ2v) is 8.45. The maximum Gasteiger partial charge on any atom is 0.250 e. The van der Waals surface area contributed by atoms with Crippen molar-refractivity contribution in [2.45, 2.75) is 11.5 Å². The van der Waals surface area contributed by atoms with Crippen LogP contribution in [0.2, 0.25) is 5.02 Å². The third-order valence-electron chi connectivity index (χ3n) is 3.88. The number of hydrogen-bond donors (Lipinski definition) is 1. The van der Waals surface area contributed by atoms with E-state index >= 15 is 0 Å². The summed E-state index contributed by atoms with van der Waals surface area (Å²) in [5.41, 5.74) is 3.75. The lowest BCUT2D eigenvalue weighted by atomic mass is 10.2. The molecule has 0 bridgehead atoms. The van der Waals surface area contributed by atoms with Crippen molar-refractivity contribution in [3.05, 3.63) is 93.2 Å². The molecule has 4 nitrogen and oxygen atoms in total. The molecule has 3 aromatic rings. The third-order valence-corrected chi connectivity index (χ3v) is 5.77. The molecular formula is C22H17BrClFN2O2S. The van der Waals surface area contributed by atoms with E-state index in [1.165, 1.54) is 24.0 Å². The SMILES string of the molecule is O=C(CSc1ccc(Cl)cc1)N/N=C\c1ccc(OCc2ccccc2F)c(Br)c1. The van der Waals surface area contributed by atoms with E-state index in [1.807, 2.05) is 12.1 Å². The number of amides is 1. The highest BCUT2D eigenvalue weighted by molar-refractivity contribution is 9.10. The van der Waals surface area contributed by atoms with Crippen molar-refractivity contribution < 1.29 is 13.9 Å². The van der Waals surface area contributed by atoms with E-state index in [2.05, 4.69) is 26.5 Å². The lowest BCUT2D eigenvalue weighted by Crippen LogP contribution is -2.19. The molecular weight excluding hydrogens is 491 g/mol. The van der Waals surface area contributed by atoms with Crippen LogP contribution in [0.3, 0.4) is 0 Å². The lowest BCUT2D eigenvalue weighted by molar-refractivity contribution is -0.118. The summed E-state index contributed by atoms with van der Waals surface area (Å²) >= 11 is 10.7. The quantitative estimate of drug-likeness (QED) is 0.229. The molecule has 3 aromatic carbocycles. The van der Waals surface area contributed by atoms with E-state index in [0.29, 0.717) is 20.8 Å². The summed E-state index contributed by atoms with van der Waals surface area (Å²) < 4.78 is 20.1. The van der Waals surface area contributed by atoms with Crippen LogP contribution < -0.4 is 10.2 Å². The minimum atomic E-state index is -0.303. The molecule has 0 fully saturated rings. The number of hydrogen-bond acceptors (Lipinski definition) is 4. The van der Waals surface area contributed by atoms with E-state index in [-0.39, 0.29) is 24.1 Å². The monoisotopic (exact) mass is 506 g/mol. The smallest absolute Gasteiger partial charge is 0.250 e. The maximum absolute atomic E-state index is 13.7. The normalized spacial score (nSPS) is 10.9. The molecule has 0 radical (unpaired) electrons. The van der Waals surface area contributed by atoms with E-state index in [4.69, 9.17) is 16.3 Å². The summed E-state index contributed by atoms with van der Waals surface area (Å²) in [4.78, 5) is 12.9. The fourth-order valence-corrected chi connectivity index (χ4v) is 3.70. The Balaban J connectivity index is 1.48. The van der Waals surface area contributed by atoms with Gasteiger partial charge in [0.15, 0.2) is 0 Å². The Hall–Kier alpha value is -2.35. The van der Waals surface area contributed by atoms with Gasteiger partial charge in [-0.2, -0.15) is 5.10 Å². The number of rotatable bonds is 8. The summed E-state index contributed by atoms with van der Waals surface area (Å²) in [5, 5.41) is 4.63. The van der Waals surface area contributed by atoms with Gasteiger partial charge in [0.25, 0.3) is 0 Å². The van der Waals surface area contributed by atoms with Crippen LogP contribution in [0.25, 0.3) is 0 Å². The molecule has 30 heavy (non-hydrogen) atoms. The summed E-state index contributed by atoms with van der Waals surface area (Å²) in [7, 11) is 0. The van der Waals surface area contributed by atoms with Gasteiger partial charge in [-0.15, -0.1) is 11.8 Å². The van der Waals surface area contributed by atoms with Crippen LogP contribution in [0.1, 0.15) is 11.1 Å². The molecule has 0 saturated carbocycles. The van der Waals surface area contributed by atoms with Crippen molar-refractivity contribution in [1.29, 1.82) is 0 Å². The molecule has 8 heteroatoms. The lowest BCUT2D eigenvalue weighted by Gasteiger charge is -2.09. The molecule has 0 spiro atoms. The number of ether oxygens (including phenoxy) is 1. The summed E-state index contributed by atoms with van der Waals surface area (Å²) in [6.45, 7) is 0.125. The summed E-state index contributed by atoms with van der Waals surface area (Å²) in [6.07, 6.45) is 1.54. The van der Waals surface area contributed by atoms with Gasteiger partial charge in [0.2, 0.25) is 5.91 Å². The zero-order chi connectivity index (χ0) is 21.3. The van der Waals surface area contributed by atoms with Crippen LogP contribution in [0.4, 0.5) is 4.39 Å². The largest absolute Gasteiger partial charge is 0.488 e. The van der Waals surface area contributed by atoms with Crippen molar-refractivity contribution in [3.63, 3.8) is 0 Å². The summed E-state index contributed by atoms with van der Waals surface area (Å²) in [5.74, 6) is 0.308. The second-order valence-electron chi connectivity index (χ2n) is 6.11.